The molecule has 3 heterocycles. The first kappa shape index (κ1) is 18.4. The van der Waals surface area contributed by atoms with Gasteiger partial charge >= 0.3 is 6.03 Å². The van der Waals surface area contributed by atoms with Crippen molar-refractivity contribution < 1.29 is 9.59 Å². The van der Waals surface area contributed by atoms with Crippen LogP contribution < -0.4 is 5.32 Å². The monoisotopic (exact) mass is 360 g/mol. The van der Waals surface area contributed by atoms with Gasteiger partial charge in [-0.15, -0.1) is 0 Å². The van der Waals surface area contributed by atoms with Gasteiger partial charge in [0, 0.05) is 19.3 Å². The largest absolute Gasteiger partial charge is 0.325 e. The zero-order chi connectivity index (χ0) is 19.0. The Hall–Kier alpha value is -2.38. The van der Waals surface area contributed by atoms with E-state index in [0.29, 0.717) is 18.4 Å². The Labute approximate surface area is 154 Å². The summed E-state index contributed by atoms with van der Waals surface area (Å²) in [5, 5.41) is 7.13. The van der Waals surface area contributed by atoms with Gasteiger partial charge in [0.05, 0.1) is 5.69 Å². The molecule has 0 bridgehead atoms. The number of likely N-dealkylation sites (N-methyl/N-ethyl adjacent to an activating group) is 1. The number of aromatic nitrogens is 2. The van der Waals surface area contributed by atoms with Gasteiger partial charge in [0.2, 0.25) is 5.96 Å². The normalized spacial score (nSPS) is 22.8. The van der Waals surface area contributed by atoms with Crippen LogP contribution in [0.1, 0.15) is 45.5 Å². The average molecular weight is 360 g/mol. The first-order valence-electron chi connectivity index (χ1n) is 9.37. The van der Waals surface area contributed by atoms with Gasteiger partial charge in [0.1, 0.15) is 0 Å². The number of aliphatic imine (C=N–C) groups is 1. The Bertz CT molecular complexity index is 738. The van der Waals surface area contributed by atoms with Gasteiger partial charge in [-0.05, 0) is 31.2 Å². The zero-order valence-corrected chi connectivity index (χ0v) is 16.2. The molecule has 0 spiro atoms. The number of imide groups is 1. The van der Waals surface area contributed by atoms with E-state index in [4.69, 9.17) is 10.1 Å². The van der Waals surface area contributed by atoms with Crippen molar-refractivity contribution in [3.05, 3.63) is 17.5 Å². The first-order valence-corrected chi connectivity index (χ1v) is 9.37. The predicted octanol–water partition coefficient (Wildman–Crippen LogP) is 1.45. The van der Waals surface area contributed by atoms with Crippen LogP contribution in [-0.4, -0.2) is 63.3 Å². The summed E-state index contributed by atoms with van der Waals surface area (Å²) in [6.07, 6.45) is 2.07. The van der Waals surface area contributed by atoms with Gasteiger partial charge in [-0.1, -0.05) is 27.7 Å². The van der Waals surface area contributed by atoms with E-state index in [2.05, 4.69) is 39.1 Å². The van der Waals surface area contributed by atoms with Crippen molar-refractivity contribution in [3.8, 4) is 0 Å². The maximum Gasteiger partial charge on any atom is 0.325 e. The van der Waals surface area contributed by atoms with Crippen molar-refractivity contribution in [1.29, 1.82) is 0 Å². The van der Waals surface area contributed by atoms with Crippen LogP contribution in [0.2, 0.25) is 0 Å². The summed E-state index contributed by atoms with van der Waals surface area (Å²) in [4.78, 5) is 32.9. The topological polar surface area (TPSA) is 82.8 Å². The Morgan fingerprint density at radius 3 is 2.58 bits per heavy atom. The number of hydrogen-bond donors (Lipinski definition) is 1. The molecule has 3 amide bonds. The summed E-state index contributed by atoms with van der Waals surface area (Å²) in [6, 6.07) is 1.17. The van der Waals surface area contributed by atoms with Gasteiger partial charge in [-0.3, -0.25) is 10.1 Å². The summed E-state index contributed by atoms with van der Waals surface area (Å²) in [6.45, 7) is 9.15. The number of rotatable bonds is 5. The molecular formula is C18H28N6O2. The molecule has 2 unspecified atom stereocenters. The lowest BCUT2D eigenvalue weighted by Gasteiger charge is -2.36. The van der Waals surface area contributed by atoms with Crippen molar-refractivity contribution in [2.75, 3.05) is 13.6 Å². The molecule has 1 saturated heterocycles. The van der Waals surface area contributed by atoms with Crippen molar-refractivity contribution in [3.63, 3.8) is 0 Å². The van der Waals surface area contributed by atoms with E-state index in [0.717, 1.165) is 30.7 Å². The van der Waals surface area contributed by atoms with Gasteiger partial charge < -0.3 is 9.80 Å². The van der Waals surface area contributed by atoms with Crippen molar-refractivity contribution in [1.82, 2.24) is 24.9 Å². The number of nitrogens with zero attached hydrogens (tertiary/aromatic N) is 5. The molecule has 26 heavy (non-hydrogen) atoms. The molecule has 8 nitrogen and oxygen atoms in total. The minimum Gasteiger partial charge on any atom is -0.325 e. The number of carbonyl (C=O) groups excluding carboxylic acids is 2. The number of aryl methyl sites for hydroxylation is 2. The van der Waals surface area contributed by atoms with E-state index >= 15 is 0 Å². The third-order valence-electron chi connectivity index (χ3n) is 5.03. The Morgan fingerprint density at radius 1 is 1.23 bits per heavy atom. The fraction of sp³-hybridized carbons (Fsp3) is 0.667. The highest BCUT2D eigenvalue weighted by Crippen LogP contribution is 2.26. The van der Waals surface area contributed by atoms with Crippen molar-refractivity contribution >= 4 is 17.9 Å². The highest BCUT2D eigenvalue weighted by molar-refractivity contribution is 6.04. The van der Waals surface area contributed by atoms with Gasteiger partial charge in [0.15, 0.2) is 12.2 Å². The summed E-state index contributed by atoms with van der Waals surface area (Å²) in [5.74, 6) is 0.867. The van der Waals surface area contributed by atoms with E-state index in [1.54, 1.807) is 7.05 Å². The number of amides is 3. The number of nitrogens with one attached hydrogen (secondary N) is 1. The van der Waals surface area contributed by atoms with Crippen molar-refractivity contribution in [2.24, 2.45) is 10.9 Å². The fourth-order valence-electron chi connectivity index (χ4n) is 3.40. The Kier molecular flexibility index (Phi) is 5.02. The Morgan fingerprint density at radius 2 is 1.96 bits per heavy atom. The highest BCUT2D eigenvalue weighted by Gasteiger charge is 2.49. The molecule has 0 aromatic carbocycles. The van der Waals surface area contributed by atoms with E-state index < -0.39 is 18.2 Å². The van der Waals surface area contributed by atoms with Crippen LogP contribution in [0.3, 0.4) is 0 Å². The minimum absolute atomic E-state index is 0.290. The lowest BCUT2D eigenvalue weighted by Crippen LogP contribution is -2.64. The van der Waals surface area contributed by atoms with Gasteiger partial charge in [-0.2, -0.15) is 5.10 Å². The molecule has 2 aliphatic heterocycles. The zero-order valence-electron chi connectivity index (χ0n) is 16.2. The van der Waals surface area contributed by atoms with Crippen LogP contribution in [0.25, 0.3) is 0 Å². The fourth-order valence-corrected chi connectivity index (χ4v) is 3.40. The third-order valence-corrected chi connectivity index (χ3v) is 5.03. The molecule has 1 aromatic rings. The maximum absolute atomic E-state index is 12.6. The first-order chi connectivity index (χ1) is 12.4. The van der Waals surface area contributed by atoms with E-state index in [1.165, 1.54) is 4.90 Å². The molecule has 1 aromatic heterocycles. The molecule has 142 valence electrons. The average Bonchev–Trinajstić information content (AvgIpc) is 3.18. The number of hydrogen-bond acceptors (Lipinski definition) is 5. The molecule has 0 aliphatic carbocycles. The molecule has 3 rings (SSSR count). The molecule has 2 atom stereocenters. The lowest BCUT2D eigenvalue weighted by molar-refractivity contribution is -0.127. The van der Waals surface area contributed by atoms with Crippen molar-refractivity contribution in [2.45, 2.75) is 59.2 Å². The molecular weight excluding hydrogens is 332 g/mol. The second kappa shape index (κ2) is 7.09. The van der Waals surface area contributed by atoms with E-state index in [9.17, 15) is 9.59 Å². The van der Waals surface area contributed by atoms with E-state index in [-0.39, 0.29) is 5.91 Å². The smallest absolute Gasteiger partial charge is 0.325 e. The summed E-state index contributed by atoms with van der Waals surface area (Å²) in [5.41, 5.74) is 2.06. The van der Waals surface area contributed by atoms with Gasteiger partial charge in [-0.25, -0.2) is 14.5 Å². The van der Waals surface area contributed by atoms with Crippen LogP contribution >= 0.6 is 0 Å². The molecule has 8 heteroatoms. The quantitative estimate of drug-likeness (QED) is 0.861. The van der Waals surface area contributed by atoms with Crippen LogP contribution in [0.15, 0.2) is 11.1 Å². The number of carbonyl (C=O) groups is 2. The second-order valence-corrected chi connectivity index (χ2v) is 7.31. The number of fused-ring (bicyclic) bond motifs is 1. The minimum atomic E-state index is -0.516. The van der Waals surface area contributed by atoms with Gasteiger partial charge in [0.25, 0.3) is 5.91 Å². The SMILES string of the molecule is CCc1cc(CC)n(C2=NC3C(C(=O)NC(=O)N3C)N2CCC(C)C)n1. The lowest BCUT2D eigenvalue weighted by atomic mass is 10.1. The summed E-state index contributed by atoms with van der Waals surface area (Å²) in [7, 11) is 1.67. The standard InChI is InChI=1S/C18H28N6O2/c1-6-12-10-13(7-2)24(21-12)17-19-15-14(23(17)9-8-11(3)4)16(25)20-18(26)22(15)5/h10-11,14-15H,6-9H2,1-5H3,(H,20,25,26). The summed E-state index contributed by atoms with van der Waals surface area (Å²) >= 11 is 0. The summed E-state index contributed by atoms with van der Waals surface area (Å²) < 4.78 is 1.85. The highest BCUT2D eigenvalue weighted by atomic mass is 16.2. The third kappa shape index (κ3) is 3.08. The van der Waals surface area contributed by atoms with Crippen LogP contribution in [0, 0.1) is 5.92 Å². The maximum atomic E-state index is 12.6. The van der Waals surface area contributed by atoms with Crippen LogP contribution in [0.4, 0.5) is 4.79 Å². The second-order valence-electron chi connectivity index (χ2n) is 7.31. The molecule has 1 fully saturated rings. The number of urea groups is 1. The Balaban J connectivity index is 2.03. The van der Waals surface area contributed by atoms with Crippen LogP contribution in [-0.2, 0) is 17.6 Å². The van der Waals surface area contributed by atoms with Crippen LogP contribution in [0.5, 0.6) is 0 Å². The molecule has 1 N–H and O–H groups in total. The molecule has 0 saturated carbocycles. The predicted molar refractivity (Wildman–Crippen MR) is 98.9 cm³/mol. The molecule has 2 aliphatic rings. The van der Waals surface area contributed by atoms with E-state index in [1.807, 2.05) is 9.58 Å². The molecule has 0 radical (unpaired) electrons.